The van der Waals surface area contributed by atoms with E-state index < -0.39 is 9.84 Å². The van der Waals surface area contributed by atoms with Crippen LogP contribution in [0.25, 0.3) is 0 Å². The summed E-state index contributed by atoms with van der Waals surface area (Å²) in [5.41, 5.74) is 0.519. The molecule has 0 atom stereocenters. The van der Waals surface area contributed by atoms with Crippen LogP contribution in [0.2, 0.25) is 0 Å². The highest BCUT2D eigenvalue weighted by Crippen LogP contribution is 2.19. The van der Waals surface area contributed by atoms with Crippen LogP contribution in [0.15, 0.2) is 11.1 Å². The highest BCUT2D eigenvalue weighted by molar-refractivity contribution is 7.91. The van der Waals surface area contributed by atoms with Gasteiger partial charge in [0.15, 0.2) is 14.7 Å². The third-order valence-electron chi connectivity index (χ3n) is 1.93. The Hall–Kier alpha value is -1.04. The van der Waals surface area contributed by atoms with Crippen LogP contribution in [0.5, 0.6) is 0 Å². The molecule has 6 heteroatoms. The number of hydrogen-bond donors (Lipinski definition) is 0. The number of aromatic nitrogens is 3. The van der Waals surface area contributed by atoms with Crippen LogP contribution in [0.4, 0.5) is 0 Å². The molecule has 78 valence electrons. The van der Waals surface area contributed by atoms with Crippen LogP contribution < -0.4 is 5.10 Å². The molecule has 14 heavy (non-hydrogen) atoms. The molecule has 0 radical (unpaired) electrons. The monoisotopic (exact) mass is 216 g/mol. The first-order valence-electron chi connectivity index (χ1n) is 4.45. The molecule has 0 bridgehead atoms. The number of nitrogens with zero attached hydrogens (tertiary/aromatic N) is 2. The van der Waals surface area contributed by atoms with Crippen LogP contribution in [0.3, 0.4) is 0 Å². The van der Waals surface area contributed by atoms with Gasteiger partial charge in [0, 0.05) is 5.92 Å². The van der Waals surface area contributed by atoms with Gasteiger partial charge in [0.05, 0.1) is 10.9 Å². The fraction of sp³-hybridized carbons (Fsp3) is 0.625. The van der Waals surface area contributed by atoms with Gasteiger partial charge in [-0.2, -0.15) is 0 Å². The first-order valence-corrected chi connectivity index (χ1v) is 6.10. The van der Waals surface area contributed by atoms with Gasteiger partial charge in [0.1, 0.15) is 11.4 Å². The SMILES string of the molecule is CCS(=O)(=O)c1c[nH+]nnc1C(C)C. The summed E-state index contributed by atoms with van der Waals surface area (Å²) in [4.78, 5) is 0.255. The van der Waals surface area contributed by atoms with Gasteiger partial charge in [-0.25, -0.2) is 8.42 Å². The van der Waals surface area contributed by atoms with Gasteiger partial charge in [0.25, 0.3) is 0 Å². The Labute approximate surface area is 83.5 Å². The lowest BCUT2D eigenvalue weighted by atomic mass is 10.1. The van der Waals surface area contributed by atoms with Crippen molar-refractivity contribution in [3.05, 3.63) is 11.9 Å². The van der Waals surface area contributed by atoms with Crippen LogP contribution >= 0.6 is 0 Å². The van der Waals surface area contributed by atoms with E-state index in [0.717, 1.165) is 0 Å². The zero-order valence-corrected chi connectivity index (χ0v) is 9.30. The molecule has 0 aliphatic carbocycles. The second-order valence-electron chi connectivity index (χ2n) is 3.28. The van der Waals surface area contributed by atoms with Gasteiger partial charge >= 0.3 is 0 Å². The van der Waals surface area contributed by atoms with Crippen molar-refractivity contribution in [1.82, 2.24) is 10.3 Å². The molecule has 1 aromatic rings. The van der Waals surface area contributed by atoms with Gasteiger partial charge in [-0.05, 0) is 0 Å². The van der Waals surface area contributed by atoms with Gasteiger partial charge in [-0.15, -0.1) is 5.10 Å². The lowest BCUT2D eigenvalue weighted by molar-refractivity contribution is -0.467. The second kappa shape index (κ2) is 4.00. The Bertz CT molecular complexity index is 414. The molecule has 0 saturated heterocycles. The summed E-state index contributed by atoms with van der Waals surface area (Å²) in [7, 11) is -3.21. The number of nitrogens with one attached hydrogen (secondary N) is 1. The molecule has 0 fully saturated rings. The average Bonchev–Trinajstić information content (AvgIpc) is 2.18. The molecular formula is C8H14N3O2S+. The zero-order chi connectivity index (χ0) is 10.8. The van der Waals surface area contributed by atoms with Crippen LogP contribution in [-0.4, -0.2) is 24.5 Å². The Morgan fingerprint density at radius 1 is 1.50 bits per heavy atom. The molecule has 0 aliphatic rings. The van der Waals surface area contributed by atoms with Crippen LogP contribution in [0.1, 0.15) is 32.4 Å². The highest BCUT2D eigenvalue weighted by atomic mass is 32.2. The summed E-state index contributed by atoms with van der Waals surface area (Å²) in [5.74, 6) is 0.125. The van der Waals surface area contributed by atoms with E-state index in [1.807, 2.05) is 13.8 Å². The molecule has 0 saturated carbocycles. The van der Waals surface area contributed by atoms with E-state index in [1.165, 1.54) is 6.20 Å². The number of H-pyrrole nitrogens is 1. The standard InChI is InChI=1S/C8H13N3O2S/c1-4-14(12,13)7-5-9-11-10-8(7)6(2)3/h5-6H,4H2,1-3H3/p+1. The molecule has 0 amide bonds. The summed E-state index contributed by atoms with van der Waals surface area (Å²) in [6.45, 7) is 5.39. The van der Waals surface area contributed by atoms with E-state index in [9.17, 15) is 8.42 Å². The molecule has 0 spiro atoms. The second-order valence-corrected chi connectivity index (χ2v) is 5.53. The molecule has 5 nitrogen and oxygen atoms in total. The smallest absolute Gasteiger partial charge is 0.205 e. The summed E-state index contributed by atoms with van der Waals surface area (Å²) in [5, 5.41) is 9.84. The number of aromatic amines is 1. The third kappa shape index (κ3) is 2.06. The largest absolute Gasteiger partial charge is 0.223 e. The van der Waals surface area contributed by atoms with E-state index in [2.05, 4.69) is 15.4 Å². The minimum absolute atomic E-state index is 0.0495. The van der Waals surface area contributed by atoms with Crippen molar-refractivity contribution in [2.24, 2.45) is 0 Å². The van der Waals surface area contributed by atoms with E-state index >= 15 is 0 Å². The summed E-state index contributed by atoms with van der Waals surface area (Å²) in [6.07, 6.45) is 1.39. The van der Waals surface area contributed by atoms with Crippen molar-refractivity contribution < 1.29 is 13.5 Å². The normalized spacial score (nSPS) is 12.0. The van der Waals surface area contributed by atoms with E-state index in [0.29, 0.717) is 5.69 Å². The van der Waals surface area contributed by atoms with E-state index in [-0.39, 0.29) is 16.6 Å². The van der Waals surface area contributed by atoms with Crippen LogP contribution in [0, 0.1) is 0 Å². The molecular weight excluding hydrogens is 202 g/mol. The predicted molar refractivity (Wildman–Crippen MR) is 50.4 cm³/mol. The van der Waals surface area contributed by atoms with Gasteiger partial charge < -0.3 is 0 Å². The van der Waals surface area contributed by atoms with Crippen molar-refractivity contribution in [3.63, 3.8) is 0 Å². The Kier molecular flexibility index (Phi) is 3.15. The fourth-order valence-electron chi connectivity index (χ4n) is 1.10. The lowest BCUT2D eigenvalue weighted by Crippen LogP contribution is -2.19. The van der Waals surface area contributed by atoms with Crippen LogP contribution in [-0.2, 0) is 9.84 Å². The number of rotatable bonds is 3. The van der Waals surface area contributed by atoms with Crippen molar-refractivity contribution >= 4 is 9.84 Å². The molecule has 1 N–H and O–H groups in total. The van der Waals surface area contributed by atoms with Crippen molar-refractivity contribution in [2.75, 3.05) is 5.75 Å². The van der Waals surface area contributed by atoms with E-state index in [4.69, 9.17) is 0 Å². The average molecular weight is 216 g/mol. The minimum atomic E-state index is -3.21. The summed E-state index contributed by atoms with van der Waals surface area (Å²) < 4.78 is 23.3. The van der Waals surface area contributed by atoms with Gasteiger partial charge in [-0.3, -0.25) is 0 Å². The van der Waals surface area contributed by atoms with Crippen molar-refractivity contribution in [2.45, 2.75) is 31.6 Å². The van der Waals surface area contributed by atoms with Gasteiger partial charge in [-0.1, -0.05) is 20.8 Å². The first kappa shape index (κ1) is 11.0. The maximum absolute atomic E-state index is 11.6. The van der Waals surface area contributed by atoms with Crippen molar-refractivity contribution in [1.29, 1.82) is 0 Å². The third-order valence-corrected chi connectivity index (χ3v) is 3.68. The Balaban J connectivity index is 3.35. The summed E-state index contributed by atoms with van der Waals surface area (Å²) in [6, 6.07) is 0. The topological polar surface area (TPSA) is 74.1 Å². The molecule has 1 heterocycles. The Morgan fingerprint density at radius 2 is 2.14 bits per heavy atom. The predicted octanol–water partition coefficient (Wildman–Crippen LogP) is 0.208. The minimum Gasteiger partial charge on any atom is -0.223 e. The molecule has 1 aromatic heterocycles. The molecule has 0 unspecified atom stereocenters. The molecule has 0 aliphatic heterocycles. The quantitative estimate of drug-likeness (QED) is 0.723. The molecule has 1 rings (SSSR count). The lowest BCUT2D eigenvalue weighted by Gasteiger charge is -2.03. The van der Waals surface area contributed by atoms with Crippen molar-refractivity contribution in [3.8, 4) is 0 Å². The maximum Gasteiger partial charge on any atom is 0.205 e. The summed E-state index contributed by atoms with van der Waals surface area (Å²) >= 11 is 0. The fourth-order valence-corrected chi connectivity index (χ4v) is 2.24. The zero-order valence-electron chi connectivity index (χ0n) is 8.48. The van der Waals surface area contributed by atoms with Gasteiger partial charge in [0.2, 0.25) is 5.69 Å². The number of hydrogen-bond acceptors (Lipinski definition) is 4. The molecule has 0 aromatic carbocycles. The number of sulfone groups is 1. The first-order chi connectivity index (χ1) is 6.49. The highest BCUT2D eigenvalue weighted by Gasteiger charge is 2.25. The van der Waals surface area contributed by atoms with E-state index in [1.54, 1.807) is 6.92 Å². The Morgan fingerprint density at radius 3 is 2.64 bits per heavy atom. The maximum atomic E-state index is 11.6.